The van der Waals surface area contributed by atoms with E-state index in [1.54, 1.807) is 6.92 Å². The molecule has 0 radical (unpaired) electrons. The quantitative estimate of drug-likeness (QED) is 0.674. The van der Waals surface area contributed by atoms with Crippen LogP contribution in [0.2, 0.25) is 0 Å². The van der Waals surface area contributed by atoms with Crippen LogP contribution in [0.25, 0.3) is 0 Å². The molecule has 2 heterocycles. The molecule has 0 aliphatic carbocycles. The highest BCUT2D eigenvalue weighted by Crippen LogP contribution is 2.22. The highest BCUT2D eigenvalue weighted by atomic mass is 32.2. The van der Waals surface area contributed by atoms with Gasteiger partial charge in [-0.15, -0.1) is 0 Å². The largest absolute Gasteiger partial charge is 0.439 e. The molecule has 17 heavy (non-hydrogen) atoms. The topological polar surface area (TPSA) is 84.0 Å². The van der Waals surface area contributed by atoms with Gasteiger partial charge >= 0.3 is 6.09 Å². The van der Waals surface area contributed by atoms with Gasteiger partial charge in [-0.2, -0.15) is 4.31 Å². The first-order valence-electron chi connectivity index (χ1n) is 5.42. The zero-order chi connectivity index (χ0) is 12.6. The highest BCUT2D eigenvalue weighted by molar-refractivity contribution is 7.89. The summed E-state index contributed by atoms with van der Waals surface area (Å²) >= 11 is 0. The molecule has 2 rings (SSSR count). The normalized spacial score (nSPS) is 22.8. The monoisotopic (exact) mass is 262 g/mol. The zero-order valence-electron chi connectivity index (χ0n) is 9.46. The molecule has 0 atom stereocenters. The molecule has 0 saturated carbocycles. The van der Waals surface area contributed by atoms with Crippen LogP contribution in [0.1, 0.15) is 13.3 Å². The first-order valence-corrected chi connectivity index (χ1v) is 7.03. The lowest BCUT2D eigenvalue weighted by atomic mass is 10.1. The second-order valence-electron chi connectivity index (χ2n) is 4.11. The number of sulfonamides is 1. The Hall–Kier alpha value is -1.15. The standard InChI is InChI=1S/C9H14N2O5S/c1-2-3-17(14,15)10-4-7(5-10)11-8(12)6-16-9(11)13/h7H,2-6H2,1H3. The first-order chi connectivity index (χ1) is 7.95. The molecule has 96 valence electrons. The molecule has 2 saturated heterocycles. The van der Waals surface area contributed by atoms with Crippen LogP contribution in [-0.2, 0) is 19.6 Å². The van der Waals surface area contributed by atoms with E-state index in [2.05, 4.69) is 4.74 Å². The summed E-state index contributed by atoms with van der Waals surface area (Å²) in [5.41, 5.74) is 0. The molecule has 0 aromatic carbocycles. The van der Waals surface area contributed by atoms with Crippen molar-refractivity contribution in [1.29, 1.82) is 0 Å². The highest BCUT2D eigenvalue weighted by Gasteiger charge is 2.46. The Bertz CT molecular complexity index is 424. The average Bonchev–Trinajstić information content (AvgIpc) is 2.46. The fraction of sp³-hybridized carbons (Fsp3) is 0.778. The molecular weight excluding hydrogens is 248 g/mol. The fourth-order valence-corrected chi connectivity index (χ4v) is 3.48. The molecule has 0 aromatic rings. The van der Waals surface area contributed by atoms with E-state index in [1.165, 1.54) is 4.31 Å². The van der Waals surface area contributed by atoms with Crippen molar-refractivity contribution in [2.24, 2.45) is 0 Å². The van der Waals surface area contributed by atoms with Crippen molar-refractivity contribution in [3.63, 3.8) is 0 Å². The van der Waals surface area contributed by atoms with Gasteiger partial charge in [-0.1, -0.05) is 6.92 Å². The molecule has 2 aliphatic heterocycles. The molecular formula is C9H14N2O5S. The van der Waals surface area contributed by atoms with Gasteiger partial charge in [-0.25, -0.2) is 18.1 Å². The van der Waals surface area contributed by atoms with Crippen molar-refractivity contribution in [2.45, 2.75) is 19.4 Å². The summed E-state index contributed by atoms with van der Waals surface area (Å²) in [5, 5.41) is 0. The van der Waals surface area contributed by atoms with E-state index in [-0.39, 0.29) is 31.5 Å². The fourth-order valence-electron chi connectivity index (χ4n) is 1.91. The van der Waals surface area contributed by atoms with Gasteiger partial charge in [0.25, 0.3) is 5.91 Å². The van der Waals surface area contributed by atoms with Gasteiger partial charge in [-0.05, 0) is 6.42 Å². The van der Waals surface area contributed by atoms with Crippen LogP contribution in [0.3, 0.4) is 0 Å². The minimum absolute atomic E-state index is 0.0954. The van der Waals surface area contributed by atoms with Crippen molar-refractivity contribution >= 4 is 22.0 Å². The Labute approximate surface area is 99.4 Å². The summed E-state index contributed by atoms with van der Waals surface area (Å²) < 4.78 is 29.1. The number of hydrogen-bond acceptors (Lipinski definition) is 5. The van der Waals surface area contributed by atoms with E-state index >= 15 is 0 Å². The van der Waals surface area contributed by atoms with Crippen molar-refractivity contribution < 1.29 is 22.7 Å². The van der Waals surface area contributed by atoms with Gasteiger partial charge in [-0.3, -0.25) is 4.79 Å². The Morgan fingerprint density at radius 1 is 1.35 bits per heavy atom. The Balaban J connectivity index is 1.95. The number of carbonyl (C=O) groups excluding carboxylic acids is 2. The Morgan fingerprint density at radius 2 is 2.00 bits per heavy atom. The van der Waals surface area contributed by atoms with Gasteiger partial charge < -0.3 is 4.74 Å². The van der Waals surface area contributed by atoms with Gasteiger partial charge in [0.2, 0.25) is 10.0 Å². The summed E-state index contributed by atoms with van der Waals surface area (Å²) in [4.78, 5) is 23.5. The van der Waals surface area contributed by atoms with E-state index in [4.69, 9.17) is 0 Å². The lowest BCUT2D eigenvalue weighted by Crippen LogP contribution is -2.62. The summed E-state index contributed by atoms with van der Waals surface area (Å²) in [6.07, 6.45) is -0.124. The van der Waals surface area contributed by atoms with Crippen LogP contribution < -0.4 is 0 Å². The van der Waals surface area contributed by atoms with E-state index < -0.39 is 22.0 Å². The third-order valence-corrected chi connectivity index (χ3v) is 4.84. The molecule has 2 aliphatic rings. The number of amides is 2. The summed E-state index contributed by atoms with van der Waals surface area (Å²) in [7, 11) is -3.23. The SMILES string of the molecule is CCCS(=O)(=O)N1CC(N2C(=O)COC2=O)C1. The number of ether oxygens (including phenoxy) is 1. The number of cyclic esters (lactones) is 1. The first kappa shape index (κ1) is 12.3. The molecule has 2 amide bonds. The van der Waals surface area contributed by atoms with Crippen LogP contribution in [0.15, 0.2) is 0 Å². The number of rotatable bonds is 4. The molecule has 0 aromatic heterocycles. The van der Waals surface area contributed by atoms with Crippen LogP contribution in [0.5, 0.6) is 0 Å². The maximum Gasteiger partial charge on any atom is 0.417 e. The maximum atomic E-state index is 11.6. The predicted octanol–water partition coefficient (Wildman–Crippen LogP) is -0.611. The van der Waals surface area contributed by atoms with Crippen LogP contribution in [0.4, 0.5) is 4.79 Å². The molecule has 0 bridgehead atoms. The molecule has 0 spiro atoms. The summed E-state index contributed by atoms with van der Waals surface area (Å²) in [6, 6.07) is -0.371. The summed E-state index contributed by atoms with van der Waals surface area (Å²) in [6.45, 7) is 1.92. The van der Waals surface area contributed by atoms with E-state index in [9.17, 15) is 18.0 Å². The minimum atomic E-state index is -3.23. The molecule has 0 N–H and O–H groups in total. The number of hydrogen-bond donors (Lipinski definition) is 0. The van der Waals surface area contributed by atoms with Crippen LogP contribution >= 0.6 is 0 Å². The second kappa shape index (κ2) is 4.26. The van der Waals surface area contributed by atoms with E-state index in [0.717, 1.165) is 4.90 Å². The molecule has 8 heteroatoms. The Kier molecular flexibility index (Phi) is 3.09. The van der Waals surface area contributed by atoms with E-state index in [0.29, 0.717) is 6.42 Å². The van der Waals surface area contributed by atoms with E-state index in [1.807, 2.05) is 0 Å². The smallest absolute Gasteiger partial charge is 0.417 e. The van der Waals surface area contributed by atoms with Gasteiger partial charge in [0.15, 0.2) is 6.61 Å². The third kappa shape index (κ3) is 2.14. The lowest BCUT2D eigenvalue weighted by molar-refractivity contribution is -0.128. The number of nitrogens with zero attached hydrogens (tertiary/aromatic N) is 2. The lowest BCUT2D eigenvalue weighted by Gasteiger charge is -2.40. The van der Waals surface area contributed by atoms with Crippen molar-refractivity contribution in [3.8, 4) is 0 Å². The third-order valence-electron chi connectivity index (χ3n) is 2.83. The van der Waals surface area contributed by atoms with Gasteiger partial charge in [0.1, 0.15) is 0 Å². The van der Waals surface area contributed by atoms with Crippen molar-refractivity contribution in [1.82, 2.24) is 9.21 Å². The van der Waals surface area contributed by atoms with Crippen LogP contribution in [0, 0.1) is 0 Å². The van der Waals surface area contributed by atoms with Gasteiger partial charge in [0.05, 0.1) is 11.8 Å². The molecule has 0 unspecified atom stereocenters. The van der Waals surface area contributed by atoms with Crippen molar-refractivity contribution in [2.75, 3.05) is 25.4 Å². The molecule has 7 nitrogen and oxygen atoms in total. The second-order valence-corrected chi connectivity index (χ2v) is 6.19. The minimum Gasteiger partial charge on any atom is -0.439 e. The summed E-state index contributed by atoms with van der Waals surface area (Å²) in [5.74, 6) is -0.300. The molecule has 2 fully saturated rings. The van der Waals surface area contributed by atoms with Gasteiger partial charge in [0, 0.05) is 13.1 Å². The zero-order valence-corrected chi connectivity index (χ0v) is 10.3. The average molecular weight is 262 g/mol. The van der Waals surface area contributed by atoms with Crippen molar-refractivity contribution in [3.05, 3.63) is 0 Å². The van der Waals surface area contributed by atoms with Crippen LogP contribution in [-0.4, -0.2) is 61.1 Å². The Morgan fingerprint density at radius 3 is 2.47 bits per heavy atom. The maximum absolute atomic E-state index is 11.6. The number of carbonyl (C=O) groups is 2. The number of imide groups is 1. The predicted molar refractivity (Wildman–Crippen MR) is 57.6 cm³/mol.